The van der Waals surface area contributed by atoms with Crippen LogP contribution in [0.5, 0.6) is 0 Å². The predicted molar refractivity (Wildman–Crippen MR) is 108 cm³/mol. The zero-order chi connectivity index (χ0) is 21.8. The van der Waals surface area contributed by atoms with Crippen LogP contribution < -0.4 is 0 Å². The Kier molecular flexibility index (Phi) is 4.23. The van der Waals surface area contributed by atoms with Crippen molar-refractivity contribution in [3.63, 3.8) is 0 Å². The molecule has 0 spiro atoms. The highest BCUT2D eigenvalue weighted by molar-refractivity contribution is 7.61. The van der Waals surface area contributed by atoms with E-state index in [1.54, 1.807) is 25.7 Å². The second-order valence-corrected chi connectivity index (χ2v) is 11.0. The quantitative estimate of drug-likeness (QED) is 0.384. The summed E-state index contributed by atoms with van der Waals surface area (Å²) in [4.78, 5) is 12.5. The lowest BCUT2D eigenvalue weighted by molar-refractivity contribution is -0.0463. The minimum Gasteiger partial charge on any atom is -0.322 e. The van der Waals surface area contributed by atoms with Crippen LogP contribution in [0, 0.1) is 0 Å². The topological polar surface area (TPSA) is 109 Å². The van der Waals surface area contributed by atoms with E-state index in [4.69, 9.17) is 0 Å². The van der Waals surface area contributed by atoms with Crippen molar-refractivity contribution in [2.24, 2.45) is 0 Å². The van der Waals surface area contributed by atoms with Gasteiger partial charge in [-0.05, 0) is 25.5 Å². The molecule has 0 amide bonds. The fourth-order valence-corrected chi connectivity index (χ4v) is 4.04. The van der Waals surface area contributed by atoms with Crippen molar-refractivity contribution in [3.05, 3.63) is 54.9 Å². The molecule has 0 atom stereocenters. The molecule has 0 bridgehead atoms. The molecule has 0 aliphatic heterocycles. The Balaban J connectivity index is 1.56. The number of alkyl halides is 2. The summed E-state index contributed by atoms with van der Waals surface area (Å²) in [5.41, 5.74) is 0.949. The van der Waals surface area contributed by atoms with E-state index in [0.717, 1.165) is 0 Å². The van der Waals surface area contributed by atoms with Gasteiger partial charge >= 0.3 is 6.05 Å². The van der Waals surface area contributed by atoms with E-state index in [2.05, 4.69) is 30.4 Å². The third kappa shape index (κ3) is 3.48. The van der Waals surface area contributed by atoms with E-state index in [9.17, 15) is 4.57 Å². The number of nitrogens with zero attached hydrogens (tertiary/aromatic N) is 9. The van der Waals surface area contributed by atoms with Crippen molar-refractivity contribution in [2.45, 2.75) is 12.3 Å². The summed E-state index contributed by atoms with van der Waals surface area (Å²) >= 11 is 0. The van der Waals surface area contributed by atoms with Crippen molar-refractivity contribution in [2.75, 3.05) is 13.3 Å². The number of fused-ring (bicyclic) bond motifs is 2. The highest BCUT2D eigenvalue weighted by Gasteiger charge is 2.38. The van der Waals surface area contributed by atoms with E-state index in [1.165, 1.54) is 46.0 Å². The number of rotatable bonds is 5. The SMILES string of the molecule is CP(C)(=O)Cn1cc(-c2cnc3nnn(C(F)(F)c4ccc5nccn5c4)c3n2)cn1. The van der Waals surface area contributed by atoms with E-state index >= 15 is 8.78 Å². The molecule has 0 unspecified atom stereocenters. The van der Waals surface area contributed by atoms with E-state index in [1.807, 2.05) is 0 Å². The Hall–Kier alpha value is -3.53. The summed E-state index contributed by atoms with van der Waals surface area (Å²) in [6, 6.07) is -0.749. The summed E-state index contributed by atoms with van der Waals surface area (Å²) in [5.74, 6) is 0. The largest absolute Gasteiger partial charge is 0.375 e. The Morgan fingerprint density at radius 1 is 1.13 bits per heavy atom. The molecular formula is C18H16F2N9OP. The summed E-state index contributed by atoms with van der Waals surface area (Å²) in [6.07, 6.45) is 9.22. The van der Waals surface area contributed by atoms with Gasteiger partial charge in [-0.3, -0.25) is 4.68 Å². The van der Waals surface area contributed by atoms with E-state index in [-0.39, 0.29) is 23.1 Å². The fourth-order valence-electron chi connectivity index (χ4n) is 3.19. The molecule has 5 aromatic rings. The van der Waals surface area contributed by atoms with Gasteiger partial charge in [0, 0.05) is 30.4 Å². The number of aromatic nitrogens is 9. The highest BCUT2D eigenvalue weighted by atomic mass is 31.2. The van der Waals surface area contributed by atoms with Crippen LogP contribution in [0.25, 0.3) is 28.2 Å². The minimum absolute atomic E-state index is 0.00820. The third-order valence-electron chi connectivity index (χ3n) is 4.58. The maximum Gasteiger partial charge on any atom is 0.375 e. The summed E-state index contributed by atoms with van der Waals surface area (Å²) < 4.78 is 46.1. The summed E-state index contributed by atoms with van der Waals surface area (Å²) in [6.45, 7) is 3.32. The molecule has 0 saturated heterocycles. The summed E-state index contributed by atoms with van der Waals surface area (Å²) in [7, 11) is -2.34. The van der Waals surface area contributed by atoms with Gasteiger partial charge in [0.1, 0.15) is 12.8 Å². The number of halogens is 2. The lowest BCUT2D eigenvalue weighted by atomic mass is 10.2. The van der Waals surface area contributed by atoms with Gasteiger partial charge in [-0.25, -0.2) is 15.0 Å². The molecule has 0 aromatic carbocycles. The van der Waals surface area contributed by atoms with Gasteiger partial charge in [-0.15, -0.1) is 5.10 Å². The molecule has 10 nitrogen and oxygen atoms in total. The van der Waals surface area contributed by atoms with Crippen LogP contribution in [-0.4, -0.2) is 57.5 Å². The third-order valence-corrected chi connectivity index (χ3v) is 5.55. The average Bonchev–Trinajstić information content (AvgIpc) is 3.44. The van der Waals surface area contributed by atoms with E-state index < -0.39 is 13.2 Å². The number of pyridine rings is 1. The molecular weight excluding hydrogens is 427 g/mol. The maximum atomic E-state index is 15.3. The normalized spacial score (nSPS) is 12.8. The molecule has 0 aliphatic carbocycles. The van der Waals surface area contributed by atoms with Gasteiger partial charge in [-0.1, -0.05) is 5.21 Å². The average molecular weight is 443 g/mol. The van der Waals surface area contributed by atoms with Crippen molar-refractivity contribution in [1.82, 2.24) is 44.1 Å². The van der Waals surface area contributed by atoms with Crippen LogP contribution in [0.3, 0.4) is 0 Å². The van der Waals surface area contributed by atoms with E-state index in [0.29, 0.717) is 21.6 Å². The van der Waals surface area contributed by atoms with Crippen LogP contribution in [0.4, 0.5) is 8.78 Å². The molecule has 5 aromatic heterocycles. The molecule has 0 saturated carbocycles. The monoisotopic (exact) mass is 443 g/mol. The van der Waals surface area contributed by atoms with Crippen LogP contribution in [0.15, 0.2) is 49.3 Å². The number of hydrogen-bond acceptors (Lipinski definition) is 7. The molecule has 31 heavy (non-hydrogen) atoms. The molecule has 0 radical (unpaired) electrons. The Labute approximate surface area is 173 Å². The zero-order valence-corrected chi connectivity index (χ0v) is 17.4. The van der Waals surface area contributed by atoms with Gasteiger partial charge < -0.3 is 8.97 Å². The second kappa shape index (κ2) is 6.74. The lowest BCUT2D eigenvalue weighted by Crippen LogP contribution is -2.26. The summed E-state index contributed by atoms with van der Waals surface area (Å²) in [5, 5.41) is 11.5. The first-order valence-corrected chi connectivity index (χ1v) is 12.0. The Morgan fingerprint density at radius 3 is 2.77 bits per heavy atom. The highest BCUT2D eigenvalue weighted by Crippen LogP contribution is 2.38. The Bertz CT molecular complexity index is 1470. The first kappa shape index (κ1) is 19.4. The zero-order valence-electron chi connectivity index (χ0n) is 16.5. The standard InChI is InChI=1S/C18H16F2N9OP/c1-31(2,30)11-28-9-12(7-23-28)14-8-22-16-17(24-14)29(26-25-16)18(19,20)13-3-4-15-21-5-6-27(15)10-13/h3-10H,11H2,1-2H3. The smallest absolute Gasteiger partial charge is 0.322 e. The van der Waals surface area contributed by atoms with Gasteiger partial charge in [0.2, 0.25) is 11.3 Å². The van der Waals surface area contributed by atoms with Crippen LogP contribution in [0.2, 0.25) is 0 Å². The van der Waals surface area contributed by atoms with Gasteiger partial charge in [0.25, 0.3) is 0 Å². The first-order valence-electron chi connectivity index (χ1n) is 9.17. The number of imidazole rings is 1. The van der Waals surface area contributed by atoms with Gasteiger partial charge in [-0.2, -0.15) is 18.6 Å². The van der Waals surface area contributed by atoms with Gasteiger partial charge in [0.05, 0.1) is 29.9 Å². The molecule has 0 aliphatic rings. The molecule has 0 N–H and O–H groups in total. The fraction of sp³-hybridized carbons (Fsp3) is 0.222. The first-order chi connectivity index (χ1) is 14.7. The second-order valence-electron chi connectivity index (χ2n) is 7.54. The lowest BCUT2D eigenvalue weighted by Gasteiger charge is -2.16. The molecule has 0 fully saturated rings. The predicted octanol–water partition coefficient (Wildman–Crippen LogP) is 2.91. The molecule has 5 heterocycles. The van der Waals surface area contributed by atoms with Crippen LogP contribution in [0.1, 0.15) is 5.56 Å². The minimum atomic E-state index is -3.53. The van der Waals surface area contributed by atoms with Gasteiger partial charge in [0.15, 0.2) is 0 Å². The number of hydrogen-bond donors (Lipinski definition) is 0. The molecule has 5 rings (SSSR count). The Morgan fingerprint density at radius 2 is 1.97 bits per heavy atom. The molecule has 158 valence electrons. The van der Waals surface area contributed by atoms with Crippen LogP contribution >= 0.6 is 7.14 Å². The van der Waals surface area contributed by atoms with Crippen molar-refractivity contribution >= 4 is 24.1 Å². The molecule has 13 heteroatoms. The van der Waals surface area contributed by atoms with Crippen molar-refractivity contribution in [3.8, 4) is 11.3 Å². The van der Waals surface area contributed by atoms with Crippen LogP contribution in [-0.2, 0) is 16.9 Å². The van der Waals surface area contributed by atoms with Crippen molar-refractivity contribution in [1.29, 1.82) is 0 Å². The van der Waals surface area contributed by atoms with Crippen molar-refractivity contribution < 1.29 is 13.3 Å². The maximum absolute atomic E-state index is 15.3.